The molecule has 0 unspecified atom stereocenters. The van der Waals surface area contributed by atoms with Crippen molar-refractivity contribution in [1.29, 1.82) is 0 Å². The highest BCUT2D eigenvalue weighted by atomic mass is 19.4. The summed E-state index contributed by atoms with van der Waals surface area (Å²) in [6.07, 6.45) is 1.07. The molecule has 6 radical (unpaired) electrons. The van der Waals surface area contributed by atoms with Crippen LogP contribution in [0, 0.1) is 0 Å². The lowest BCUT2D eigenvalue weighted by Crippen LogP contribution is -2.37. The van der Waals surface area contributed by atoms with Crippen LogP contribution >= 0.6 is 0 Å². The third-order valence-electron chi connectivity index (χ3n) is 5.03. The predicted molar refractivity (Wildman–Crippen MR) is 115 cm³/mol. The molecule has 160 valence electrons. The van der Waals surface area contributed by atoms with Crippen LogP contribution in [-0.2, 0) is 17.0 Å². The van der Waals surface area contributed by atoms with Crippen LogP contribution in [0.4, 0.5) is 30.8 Å². The molecule has 1 saturated carbocycles. The smallest absolute Gasteiger partial charge is 0.367 e. The molecule has 0 spiro atoms. The van der Waals surface area contributed by atoms with Gasteiger partial charge in [-0.3, -0.25) is 9.36 Å². The molecule has 1 fully saturated rings. The molecule has 32 heavy (non-hydrogen) atoms. The summed E-state index contributed by atoms with van der Waals surface area (Å²) in [5, 5.41) is 12.4. The summed E-state index contributed by atoms with van der Waals surface area (Å²) in [6.45, 7) is 3.74. The Balaban J connectivity index is 1.71. The lowest BCUT2D eigenvalue weighted by molar-refractivity contribution is -0.137. The molecule has 0 aliphatic heterocycles. The van der Waals surface area contributed by atoms with Crippen molar-refractivity contribution in [3.8, 4) is 0 Å². The minimum absolute atomic E-state index is 0.0457. The zero-order chi connectivity index (χ0) is 23.3. The number of alkyl halides is 3. The van der Waals surface area contributed by atoms with Crippen molar-refractivity contribution in [2.24, 2.45) is 0 Å². The number of halogens is 3. The number of nitrogens with one attached hydrogen (secondary N) is 2. The third-order valence-corrected chi connectivity index (χ3v) is 5.03. The van der Waals surface area contributed by atoms with Gasteiger partial charge in [0.05, 0.1) is 29.2 Å². The SMILES string of the molecule is [B]C([B])([B])n1nc(C(C)(C)n2cccn2)cc1Nc1ncc(C(F)(F)F)c(NC2CC2)n1. The van der Waals surface area contributed by atoms with E-state index in [0.717, 1.165) is 23.7 Å². The van der Waals surface area contributed by atoms with Crippen molar-refractivity contribution in [1.82, 2.24) is 29.5 Å². The molecule has 0 aromatic carbocycles. The molecule has 1 aliphatic carbocycles. The van der Waals surface area contributed by atoms with Gasteiger partial charge in [0.1, 0.15) is 22.7 Å². The zero-order valence-corrected chi connectivity index (χ0v) is 17.4. The highest BCUT2D eigenvalue weighted by Crippen LogP contribution is 2.36. The number of rotatable bonds is 7. The number of hydrogen-bond acceptors (Lipinski definition) is 6. The van der Waals surface area contributed by atoms with E-state index in [0.29, 0.717) is 5.69 Å². The molecule has 0 saturated heterocycles. The van der Waals surface area contributed by atoms with E-state index in [4.69, 9.17) is 23.5 Å². The average molecular weight is 436 g/mol. The van der Waals surface area contributed by atoms with Crippen LogP contribution in [0.1, 0.15) is 37.9 Å². The maximum atomic E-state index is 13.4. The van der Waals surface area contributed by atoms with E-state index in [1.165, 1.54) is 0 Å². The van der Waals surface area contributed by atoms with E-state index in [-0.39, 0.29) is 23.6 Å². The first-order valence-electron chi connectivity index (χ1n) is 9.81. The van der Waals surface area contributed by atoms with Crippen LogP contribution in [0.5, 0.6) is 0 Å². The van der Waals surface area contributed by atoms with Crippen molar-refractivity contribution >= 4 is 41.1 Å². The fourth-order valence-electron chi connectivity index (χ4n) is 3.08. The highest BCUT2D eigenvalue weighted by molar-refractivity contribution is 6.56. The summed E-state index contributed by atoms with van der Waals surface area (Å²) in [5.74, 6) is -0.208. The van der Waals surface area contributed by atoms with Gasteiger partial charge in [-0.1, -0.05) is 0 Å². The fraction of sp³-hybridized carbons (Fsp3) is 0.444. The molecule has 3 aromatic heterocycles. The van der Waals surface area contributed by atoms with Crippen molar-refractivity contribution in [2.45, 2.75) is 49.7 Å². The van der Waals surface area contributed by atoms with Gasteiger partial charge in [-0.2, -0.15) is 28.4 Å². The van der Waals surface area contributed by atoms with Crippen LogP contribution in [-0.4, -0.2) is 59.1 Å². The predicted octanol–water partition coefficient (Wildman–Crippen LogP) is 2.06. The average Bonchev–Trinajstić information content (AvgIpc) is 3.16. The van der Waals surface area contributed by atoms with Gasteiger partial charge in [-0.05, 0) is 38.0 Å². The molecule has 2 N–H and O–H groups in total. The Kier molecular flexibility index (Phi) is 5.29. The first kappa shape index (κ1) is 22.3. The van der Waals surface area contributed by atoms with Gasteiger partial charge in [0.2, 0.25) is 5.95 Å². The van der Waals surface area contributed by atoms with Crippen molar-refractivity contribution in [3.05, 3.63) is 42.0 Å². The number of nitrogens with zero attached hydrogens (tertiary/aromatic N) is 6. The Morgan fingerprint density at radius 1 is 1.16 bits per heavy atom. The van der Waals surface area contributed by atoms with Crippen LogP contribution < -0.4 is 10.6 Å². The third kappa shape index (κ3) is 4.49. The Morgan fingerprint density at radius 2 is 1.88 bits per heavy atom. The molecule has 0 atom stereocenters. The maximum absolute atomic E-state index is 13.4. The second kappa shape index (κ2) is 7.59. The highest BCUT2D eigenvalue weighted by Gasteiger charge is 2.37. The Bertz CT molecular complexity index is 1100. The Hall–Kier alpha value is -2.92. The summed E-state index contributed by atoms with van der Waals surface area (Å²) in [6, 6.07) is 3.33. The first-order valence-corrected chi connectivity index (χ1v) is 9.81. The number of hydrogen-bond donors (Lipinski definition) is 2. The Labute approximate surface area is 186 Å². The molecule has 0 amide bonds. The second-order valence-corrected chi connectivity index (χ2v) is 8.22. The summed E-state index contributed by atoms with van der Waals surface area (Å²) in [5.41, 5.74) is -1.16. The van der Waals surface area contributed by atoms with Gasteiger partial charge in [-0.25, -0.2) is 4.98 Å². The van der Waals surface area contributed by atoms with Crippen LogP contribution in [0.15, 0.2) is 30.7 Å². The number of anilines is 3. The second-order valence-electron chi connectivity index (χ2n) is 8.22. The van der Waals surface area contributed by atoms with Gasteiger partial charge in [0.15, 0.2) is 0 Å². The monoisotopic (exact) mass is 436 g/mol. The normalized spacial score (nSPS) is 15.0. The summed E-state index contributed by atoms with van der Waals surface area (Å²) >= 11 is 0. The van der Waals surface area contributed by atoms with E-state index in [9.17, 15) is 13.2 Å². The van der Waals surface area contributed by atoms with Crippen molar-refractivity contribution in [3.63, 3.8) is 0 Å². The van der Waals surface area contributed by atoms with E-state index in [1.54, 1.807) is 29.2 Å². The van der Waals surface area contributed by atoms with Gasteiger partial charge < -0.3 is 10.6 Å². The first-order chi connectivity index (χ1) is 14.9. The molecular weight excluding hydrogens is 418 g/mol. The maximum Gasteiger partial charge on any atom is 0.421 e. The van der Waals surface area contributed by atoms with Gasteiger partial charge in [-0.15, -0.1) is 0 Å². The van der Waals surface area contributed by atoms with E-state index in [2.05, 4.69) is 30.8 Å². The molecule has 3 aromatic rings. The summed E-state index contributed by atoms with van der Waals surface area (Å²) in [4.78, 5) is 7.83. The molecule has 0 bridgehead atoms. The van der Waals surface area contributed by atoms with Crippen molar-refractivity contribution < 1.29 is 13.2 Å². The zero-order valence-electron chi connectivity index (χ0n) is 17.4. The number of aromatic nitrogens is 6. The Morgan fingerprint density at radius 3 is 2.44 bits per heavy atom. The minimum Gasteiger partial charge on any atom is -0.367 e. The van der Waals surface area contributed by atoms with Crippen LogP contribution in [0.2, 0.25) is 0 Å². The van der Waals surface area contributed by atoms with Crippen LogP contribution in [0.25, 0.3) is 0 Å². The quantitative estimate of drug-likeness (QED) is 0.553. The molecular formula is C18H18B3F3N8. The summed E-state index contributed by atoms with van der Waals surface area (Å²) in [7, 11) is 17.6. The van der Waals surface area contributed by atoms with Gasteiger partial charge in [0.25, 0.3) is 0 Å². The fourth-order valence-corrected chi connectivity index (χ4v) is 3.08. The molecule has 1 aliphatic rings. The largest absolute Gasteiger partial charge is 0.421 e. The van der Waals surface area contributed by atoms with E-state index >= 15 is 0 Å². The van der Waals surface area contributed by atoms with Gasteiger partial charge >= 0.3 is 6.18 Å². The molecule has 3 heterocycles. The van der Waals surface area contributed by atoms with Crippen LogP contribution in [0.3, 0.4) is 0 Å². The van der Waals surface area contributed by atoms with E-state index < -0.39 is 22.5 Å². The summed E-state index contributed by atoms with van der Waals surface area (Å²) < 4.78 is 42.9. The molecule has 8 nitrogen and oxygen atoms in total. The minimum atomic E-state index is -4.60. The van der Waals surface area contributed by atoms with Crippen molar-refractivity contribution in [2.75, 3.05) is 10.6 Å². The van der Waals surface area contributed by atoms with Gasteiger partial charge in [0, 0.05) is 30.7 Å². The lowest BCUT2D eigenvalue weighted by atomic mass is 9.49. The lowest BCUT2D eigenvalue weighted by Gasteiger charge is -2.25. The topological polar surface area (TPSA) is 85.5 Å². The van der Waals surface area contributed by atoms with E-state index in [1.807, 2.05) is 13.8 Å². The molecule has 14 heteroatoms. The standard InChI is InChI=1S/C18H18B3F3N8/c1-16(2,31-7-3-6-26-31)12-8-13(32(30-12)18(19,20)21)28-15-25-9-11(17(22,23)24)14(29-15)27-10-4-5-10/h3,6-10H,4-5H2,1-2H3,(H2,25,27,28,29). The molecule has 4 rings (SSSR count).